The van der Waals surface area contributed by atoms with E-state index in [9.17, 15) is 0 Å². The molecule has 9 heavy (non-hydrogen) atoms. The molecule has 0 bridgehead atoms. The quantitative estimate of drug-likeness (QED) is 0.539. The summed E-state index contributed by atoms with van der Waals surface area (Å²) in [6, 6.07) is 0. The van der Waals surface area contributed by atoms with Gasteiger partial charge in [0.1, 0.15) is 0 Å². The van der Waals surface area contributed by atoms with Gasteiger partial charge in [0.15, 0.2) is 0 Å². The minimum Gasteiger partial charge on any atom is -0.305 e. The zero-order valence-electron chi connectivity index (χ0n) is 6.49. The van der Waals surface area contributed by atoms with Crippen molar-refractivity contribution < 1.29 is 0 Å². The fraction of sp³-hybridized carbons (Fsp3) is 1.00. The molecule has 2 heteroatoms. The van der Waals surface area contributed by atoms with Crippen molar-refractivity contribution in [3.8, 4) is 0 Å². The summed E-state index contributed by atoms with van der Waals surface area (Å²) in [5, 5.41) is 6.59. The van der Waals surface area contributed by atoms with Gasteiger partial charge in [0, 0.05) is 6.54 Å². The highest BCUT2D eigenvalue weighted by molar-refractivity contribution is 4.85. The standard InChI is InChI=1S/C7H16N2/c1-7(2)4-6(8-3)9-5-7/h6,8-9H,4-5H2,1-3H3. The molecule has 1 saturated heterocycles. The van der Waals surface area contributed by atoms with E-state index in [0.717, 1.165) is 6.54 Å². The van der Waals surface area contributed by atoms with Crippen molar-refractivity contribution in [1.82, 2.24) is 10.6 Å². The Morgan fingerprint density at radius 1 is 1.56 bits per heavy atom. The Balaban J connectivity index is 2.38. The molecule has 1 heterocycles. The summed E-state index contributed by atoms with van der Waals surface area (Å²) in [6.07, 6.45) is 1.78. The second kappa shape index (κ2) is 2.27. The van der Waals surface area contributed by atoms with E-state index in [1.807, 2.05) is 7.05 Å². The van der Waals surface area contributed by atoms with Gasteiger partial charge in [-0.25, -0.2) is 0 Å². The van der Waals surface area contributed by atoms with Gasteiger partial charge < -0.3 is 10.6 Å². The average Bonchev–Trinajstić information content (AvgIpc) is 2.10. The van der Waals surface area contributed by atoms with E-state index in [1.54, 1.807) is 0 Å². The van der Waals surface area contributed by atoms with Gasteiger partial charge in [0.25, 0.3) is 0 Å². The maximum Gasteiger partial charge on any atom is 0.0575 e. The largest absolute Gasteiger partial charge is 0.305 e. The predicted octanol–water partition coefficient (Wildman–Crippen LogP) is 0.551. The molecule has 54 valence electrons. The maximum absolute atomic E-state index is 3.39. The molecule has 2 N–H and O–H groups in total. The van der Waals surface area contributed by atoms with Crippen LogP contribution in [0.15, 0.2) is 0 Å². The summed E-state index contributed by atoms with van der Waals surface area (Å²) >= 11 is 0. The van der Waals surface area contributed by atoms with Crippen LogP contribution < -0.4 is 10.6 Å². The lowest BCUT2D eigenvalue weighted by Crippen LogP contribution is -2.34. The lowest BCUT2D eigenvalue weighted by atomic mass is 9.92. The second-order valence-corrected chi connectivity index (χ2v) is 3.59. The van der Waals surface area contributed by atoms with E-state index in [2.05, 4.69) is 24.5 Å². The summed E-state index contributed by atoms with van der Waals surface area (Å²) in [7, 11) is 2.00. The van der Waals surface area contributed by atoms with Crippen molar-refractivity contribution in [3.05, 3.63) is 0 Å². The zero-order chi connectivity index (χ0) is 6.91. The van der Waals surface area contributed by atoms with E-state index < -0.39 is 0 Å². The normalized spacial score (nSPS) is 33.0. The van der Waals surface area contributed by atoms with E-state index in [1.165, 1.54) is 6.42 Å². The molecule has 1 fully saturated rings. The summed E-state index contributed by atoms with van der Waals surface area (Å²) in [6.45, 7) is 5.72. The Morgan fingerprint density at radius 3 is 2.44 bits per heavy atom. The van der Waals surface area contributed by atoms with E-state index in [-0.39, 0.29) is 0 Å². The van der Waals surface area contributed by atoms with Crippen molar-refractivity contribution in [3.63, 3.8) is 0 Å². The molecule has 0 aromatic carbocycles. The third-order valence-corrected chi connectivity index (χ3v) is 1.93. The monoisotopic (exact) mass is 128 g/mol. The molecular weight excluding hydrogens is 112 g/mol. The van der Waals surface area contributed by atoms with Gasteiger partial charge in [0.2, 0.25) is 0 Å². The van der Waals surface area contributed by atoms with Crippen LogP contribution in [0.1, 0.15) is 20.3 Å². The highest BCUT2D eigenvalue weighted by atomic mass is 15.1. The maximum atomic E-state index is 3.39. The van der Waals surface area contributed by atoms with Crippen LogP contribution in [0.3, 0.4) is 0 Å². The first kappa shape index (κ1) is 7.03. The zero-order valence-corrected chi connectivity index (χ0v) is 6.49. The molecule has 0 saturated carbocycles. The first-order valence-corrected chi connectivity index (χ1v) is 3.55. The molecule has 1 aliphatic heterocycles. The van der Waals surface area contributed by atoms with Gasteiger partial charge in [-0.3, -0.25) is 0 Å². The minimum absolute atomic E-state index is 0.494. The van der Waals surface area contributed by atoms with Crippen LogP contribution in [0, 0.1) is 5.41 Å². The van der Waals surface area contributed by atoms with Crippen LogP contribution in [0.25, 0.3) is 0 Å². The molecule has 0 aromatic heterocycles. The molecule has 2 nitrogen and oxygen atoms in total. The Hall–Kier alpha value is -0.0800. The number of rotatable bonds is 1. The summed E-state index contributed by atoms with van der Waals surface area (Å²) in [5.41, 5.74) is 0.494. The fourth-order valence-electron chi connectivity index (χ4n) is 1.30. The third-order valence-electron chi connectivity index (χ3n) is 1.93. The van der Waals surface area contributed by atoms with Crippen LogP contribution in [0.5, 0.6) is 0 Å². The summed E-state index contributed by atoms with van der Waals surface area (Å²) in [4.78, 5) is 0. The van der Waals surface area contributed by atoms with Crippen LogP contribution in [0.2, 0.25) is 0 Å². The SMILES string of the molecule is CNC1CC(C)(C)CN1. The van der Waals surface area contributed by atoms with Crippen LogP contribution >= 0.6 is 0 Å². The predicted molar refractivity (Wildman–Crippen MR) is 39.2 cm³/mol. The second-order valence-electron chi connectivity index (χ2n) is 3.59. The fourth-order valence-corrected chi connectivity index (χ4v) is 1.30. The minimum atomic E-state index is 0.494. The topological polar surface area (TPSA) is 24.1 Å². The van der Waals surface area contributed by atoms with Crippen LogP contribution in [0.4, 0.5) is 0 Å². The lowest BCUT2D eigenvalue weighted by Gasteiger charge is -2.14. The molecule has 0 radical (unpaired) electrons. The molecule has 1 aliphatic rings. The van der Waals surface area contributed by atoms with Gasteiger partial charge in [-0.15, -0.1) is 0 Å². The molecular formula is C7H16N2. The van der Waals surface area contributed by atoms with E-state index in [4.69, 9.17) is 0 Å². The van der Waals surface area contributed by atoms with Crippen molar-refractivity contribution in [2.24, 2.45) is 5.41 Å². The molecule has 1 unspecified atom stereocenters. The Kier molecular flexibility index (Phi) is 1.78. The van der Waals surface area contributed by atoms with Crippen molar-refractivity contribution in [2.45, 2.75) is 26.4 Å². The number of nitrogens with one attached hydrogen (secondary N) is 2. The van der Waals surface area contributed by atoms with E-state index >= 15 is 0 Å². The van der Waals surface area contributed by atoms with Crippen molar-refractivity contribution >= 4 is 0 Å². The number of hydrogen-bond acceptors (Lipinski definition) is 2. The molecule has 1 atom stereocenters. The summed E-state index contributed by atoms with van der Waals surface area (Å²) in [5.74, 6) is 0. The van der Waals surface area contributed by atoms with Crippen LogP contribution in [-0.4, -0.2) is 19.8 Å². The number of hydrogen-bond donors (Lipinski definition) is 2. The van der Waals surface area contributed by atoms with Crippen molar-refractivity contribution in [2.75, 3.05) is 13.6 Å². The molecule has 0 aliphatic carbocycles. The van der Waals surface area contributed by atoms with Gasteiger partial charge >= 0.3 is 0 Å². The lowest BCUT2D eigenvalue weighted by molar-refractivity contribution is 0.392. The van der Waals surface area contributed by atoms with E-state index in [0.29, 0.717) is 11.6 Å². The molecule has 0 amide bonds. The van der Waals surface area contributed by atoms with Crippen molar-refractivity contribution in [1.29, 1.82) is 0 Å². The first-order valence-electron chi connectivity index (χ1n) is 3.55. The average molecular weight is 128 g/mol. The van der Waals surface area contributed by atoms with Gasteiger partial charge in [-0.2, -0.15) is 0 Å². The summed E-state index contributed by atoms with van der Waals surface area (Å²) < 4.78 is 0. The van der Waals surface area contributed by atoms with Gasteiger partial charge in [-0.05, 0) is 18.9 Å². The van der Waals surface area contributed by atoms with Gasteiger partial charge in [0.05, 0.1) is 6.17 Å². The molecule has 1 rings (SSSR count). The Morgan fingerprint density at radius 2 is 2.22 bits per heavy atom. The first-order chi connectivity index (χ1) is 4.14. The highest BCUT2D eigenvalue weighted by Gasteiger charge is 2.28. The molecule has 0 aromatic rings. The smallest absolute Gasteiger partial charge is 0.0575 e. The Labute approximate surface area is 57.0 Å². The third kappa shape index (κ3) is 1.66. The molecule has 0 spiro atoms. The van der Waals surface area contributed by atoms with Crippen LogP contribution in [-0.2, 0) is 0 Å². The Bertz CT molecular complexity index is 99.1. The van der Waals surface area contributed by atoms with Gasteiger partial charge in [-0.1, -0.05) is 13.8 Å². The highest BCUT2D eigenvalue weighted by Crippen LogP contribution is 2.25.